The number of rotatable bonds is 4. The Morgan fingerprint density at radius 3 is 2.95 bits per heavy atom. The molecular weight excluding hydrogens is 334 g/mol. The summed E-state index contributed by atoms with van der Waals surface area (Å²) in [5.74, 6) is -0.181. The molecule has 0 aromatic carbocycles. The van der Waals surface area contributed by atoms with Gasteiger partial charge in [0, 0.05) is 18.9 Å². The molecule has 0 aliphatic carbocycles. The molecule has 108 valence electrons. The quantitative estimate of drug-likeness (QED) is 0.788. The number of hydrogen-bond donors (Lipinski definition) is 1. The average molecular weight is 348 g/mol. The van der Waals surface area contributed by atoms with Crippen molar-refractivity contribution in [2.75, 3.05) is 5.32 Å². The van der Waals surface area contributed by atoms with Crippen molar-refractivity contribution in [3.05, 3.63) is 47.0 Å². The van der Waals surface area contributed by atoms with Crippen LogP contribution in [0.2, 0.25) is 0 Å². The van der Waals surface area contributed by atoms with Crippen molar-refractivity contribution < 1.29 is 4.79 Å². The van der Waals surface area contributed by atoms with Gasteiger partial charge in [0.15, 0.2) is 0 Å². The molecule has 0 bridgehead atoms. The highest BCUT2D eigenvalue weighted by molar-refractivity contribution is 9.10. The normalized spacial score (nSPS) is 11.0. The summed E-state index contributed by atoms with van der Waals surface area (Å²) in [5, 5.41) is 11.2. The van der Waals surface area contributed by atoms with Crippen LogP contribution < -0.4 is 5.32 Å². The molecule has 3 aromatic heterocycles. The number of carbonyl (C=O) groups is 1. The van der Waals surface area contributed by atoms with Gasteiger partial charge < -0.3 is 5.32 Å². The van der Waals surface area contributed by atoms with Gasteiger partial charge in [0.05, 0.1) is 33.6 Å². The van der Waals surface area contributed by atoms with Gasteiger partial charge in [-0.2, -0.15) is 10.2 Å². The Labute approximate surface area is 129 Å². The van der Waals surface area contributed by atoms with Gasteiger partial charge in [-0.3, -0.25) is 9.48 Å². The lowest BCUT2D eigenvalue weighted by Crippen LogP contribution is -2.12. The number of halogens is 1. The Kier molecular flexibility index (Phi) is 3.74. The zero-order valence-corrected chi connectivity index (χ0v) is 13.0. The van der Waals surface area contributed by atoms with Crippen molar-refractivity contribution in [1.82, 2.24) is 19.4 Å². The van der Waals surface area contributed by atoms with E-state index in [0.29, 0.717) is 11.3 Å². The monoisotopic (exact) mass is 347 g/mol. The summed E-state index contributed by atoms with van der Waals surface area (Å²) < 4.78 is 4.37. The molecule has 1 N–H and O–H groups in total. The second kappa shape index (κ2) is 5.69. The number of aromatic nitrogens is 4. The number of nitrogens with one attached hydrogen (secondary N) is 1. The SMILES string of the molecule is CCCn1cc(NC(=O)c2ccc3c(Br)cnn3c2)cn1. The number of anilines is 1. The molecule has 3 aromatic rings. The van der Waals surface area contributed by atoms with E-state index >= 15 is 0 Å². The third kappa shape index (κ3) is 2.82. The Hall–Kier alpha value is -2.15. The molecule has 0 aliphatic rings. The van der Waals surface area contributed by atoms with E-state index < -0.39 is 0 Å². The summed E-state index contributed by atoms with van der Waals surface area (Å²) in [6.45, 7) is 2.92. The van der Waals surface area contributed by atoms with E-state index in [1.165, 1.54) is 0 Å². The number of carbonyl (C=O) groups excluding carboxylic acids is 1. The first kappa shape index (κ1) is 13.8. The van der Waals surface area contributed by atoms with Gasteiger partial charge in [0.2, 0.25) is 0 Å². The molecule has 1 amide bonds. The van der Waals surface area contributed by atoms with Crippen LogP contribution in [0.3, 0.4) is 0 Å². The van der Waals surface area contributed by atoms with Crippen LogP contribution in [0, 0.1) is 0 Å². The highest BCUT2D eigenvalue weighted by Gasteiger charge is 2.10. The van der Waals surface area contributed by atoms with Gasteiger partial charge in [0.25, 0.3) is 5.91 Å². The summed E-state index contributed by atoms with van der Waals surface area (Å²) >= 11 is 3.40. The zero-order chi connectivity index (χ0) is 14.8. The molecule has 0 aliphatic heterocycles. The maximum absolute atomic E-state index is 12.2. The van der Waals surface area contributed by atoms with Crippen LogP contribution in [-0.4, -0.2) is 25.3 Å². The van der Waals surface area contributed by atoms with Crippen LogP contribution in [0.25, 0.3) is 5.52 Å². The van der Waals surface area contributed by atoms with E-state index in [2.05, 4.69) is 38.4 Å². The fraction of sp³-hybridized carbons (Fsp3) is 0.214. The largest absolute Gasteiger partial charge is 0.319 e. The number of hydrogen-bond acceptors (Lipinski definition) is 3. The number of nitrogens with zero attached hydrogens (tertiary/aromatic N) is 4. The molecule has 3 heterocycles. The van der Waals surface area contributed by atoms with Crippen LogP contribution in [0.1, 0.15) is 23.7 Å². The maximum atomic E-state index is 12.2. The Morgan fingerprint density at radius 2 is 2.14 bits per heavy atom. The lowest BCUT2D eigenvalue weighted by molar-refractivity contribution is 0.102. The highest BCUT2D eigenvalue weighted by atomic mass is 79.9. The Bertz CT molecular complexity index is 792. The zero-order valence-electron chi connectivity index (χ0n) is 11.5. The second-order valence-corrected chi connectivity index (χ2v) is 5.54. The fourth-order valence-corrected chi connectivity index (χ4v) is 2.48. The first-order valence-corrected chi connectivity index (χ1v) is 7.43. The molecule has 0 atom stereocenters. The third-order valence-corrected chi connectivity index (χ3v) is 3.69. The van der Waals surface area contributed by atoms with Crippen molar-refractivity contribution >= 4 is 33.0 Å². The van der Waals surface area contributed by atoms with E-state index in [-0.39, 0.29) is 5.91 Å². The molecule has 0 spiro atoms. The molecule has 6 nitrogen and oxygen atoms in total. The second-order valence-electron chi connectivity index (χ2n) is 4.69. The van der Waals surface area contributed by atoms with Crippen LogP contribution in [-0.2, 0) is 6.54 Å². The molecule has 0 saturated carbocycles. The maximum Gasteiger partial charge on any atom is 0.257 e. The van der Waals surface area contributed by atoms with E-state index in [9.17, 15) is 4.79 Å². The summed E-state index contributed by atoms with van der Waals surface area (Å²) in [4.78, 5) is 12.2. The molecule has 3 rings (SSSR count). The minimum atomic E-state index is -0.181. The van der Waals surface area contributed by atoms with Crippen LogP contribution in [0.15, 0.2) is 41.4 Å². The summed E-state index contributed by atoms with van der Waals surface area (Å²) in [5.41, 5.74) is 2.15. The molecule has 0 unspecified atom stereocenters. The predicted molar refractivity (Wildman–Crippen MR) is 83.4 cm³/mol. The van der Waals surface area contributed by atoms with Gasteiger partial charge in [-0.1, -0.05) is 6.92 Å². The number of amides is 1. The summed E-state index contributed by atoms with van der Waals surface area (Å²) in [6.07, 6.45) is 7.87. The van der Waals surface area contributed by atoms with E-state index in [0.717, 1.165) is 23.0 Å². The lowest BCUT2D eigenvalue weighted by Gasteiger charge is -2.03. The molecule has 0 saturated heterocycles. The van der Waals surface area contributed by atoms with Crippen molar-refractivity contribution in [3.8, 4) is 0 Å². The number of pyridine rings is 1. The van der Waals surface area contributed by atoms with Crippen LogP contribution in [0.5, 0.6) is 0 Å². The Balaban J connectivity index is 1.79. The first-order chi connectivity index (χ1) is 10.2. The van der Waals surface area contributed by atoms with Crippen molar-refractivity contribution in [3.63, 3.8) is 0 Å². The molecule has 0 radical (unpaired) electrons. The topological polar surface area (TPSA) is 64.2 Å². The van der Waals surface area contributed by atoms with Gasteiger partial charge in [-0.25, -0.2) is 4.52 Å². The number of fused-ring (bicyclic) bond motifs is 1. The van der Waals surface area contributed by atoms with Crippen molar-refractivity contribution in [1.29, 1.82) is 0 Å². The fourth-order valence-electron chi connectivity index (χ4n) is 2.07. The van der Waals surface area contributed by atoms with Gasteiger partial charge in [-0.05, 0) is 34.5 Å². The smallest absolute Gasteiger partial charge is 0.257 e. The van der Waals surface area contributed by atoms with Gasteiger partial charge in [-0.15, -0.1) is 0 Å². The third-order valence-electron chi connectivity index (χ3n) is 3.08. The van der Waals surface area contributed by atoms with Crippen molar-refractivity contribution in [2.45, 2.75) is 19.9 Å². The Morgan fingerprint density at radius 1 is 1.29 bits per heavy atom. The first-order valence-electron chi connectivity index (χ1n) is 6.64. The molecular formula is C14H14BrN5O. The number of aryl methyl sites for hydroxylation is 1. The summed E-state index contributed by atoms with van der Waals surface area (Å²) in [6, 6.07) is 3.63. The molecule has 21 heavy (non-hydrogen) atoms. The van der Waals surface area contributed by atoms with E-state index in [4.69, 9.17) is 0 Å². The van der Waals surface area contributed by atoms with Gasteiger partial charge >= 0.3 is 0 Å². The van der Waals surface area contributed by atoms with Crippen LogP contribution in [0.4, 0.5) is 5.69 Å². The van der Waals surface area contributed by atoms with Crippen LogP contribution >= 0.6 is 15.9 Å². The predicted octanol–water partition coefficient (Wildman–Crippen LogP) is 2.96. The van der Waals surface area contributed by atoms with E-state index in [1.807, 2.05) is 16.9 Å². The minimum Gasteiger partial charge on any atom is -0.319 e. The lowest BCUT2D eigenvalue weighted by atomic mass is 10.2. The molecule has 0 fully saturated rings. The average Bonchev–Trinajstić information content (AvgIpc) is 3.06. The molecule has 7 heteroatoms. The van der Waals surface area contributed by atoms with Gasteiger partial charge in [0.1, 0.15) is 0 Å². The summed E-state index contributed by atoms with van der Waals surface area (Å²) in [7, 11) is 0. The van der Waals surface area contributed by atoms with Crippen molar-refractivity contribution in [2.24, 2.45) is 0 Å². The minimum absolute atomic E-state index is 0.181. The standard InChI is InChI=1S/C14H14BrN5O/c1-2-5-19-9-11(6-16-19)18-14(21)10-3-4-13-12(15)7-17-20(13)8-10/h3-4,6-9H,2,5H2,1H3,(H,18,21). The van der Waals surface area contributed by atoms with E-state index in [1.54, 1.807) is 29.2 Å². The highest BCUT2D eigenvalue weighted by Crippen LogP contribution is 2.18.